The van der Waals surface area contributed by atoms with E-state index in [1.807, 2.05) is 31.2 Å². The SMILES string of the molecule is CCCSc1nnc(NC(=O)c2nnn(-c3cccc(C)c3)c2COC)s1. The smallest absolute Gasteiger partial charge is 0.280 e. The topological polar surface area (TPSA) is 94.8 Å². The van der Waals surface area contributed by atoms with E-state index in [0.29, 0.717) is 10.8 Å². The summed E-state index contributed by atoms with van der Waals surface area (Å²) in [6, 6.07) is 7.80. The van der Waals surface area contributed by atoms with Crippen LogP contribution in [0.4, 0.5) is 5.13 Å². The van der Waals surface area contributed by atoms with E-state index in [2.05, 4.69) is 32.7 Å². The number of rotatable bonds is 8. The summed E-state index contributed by atoms with van der Waals surface area (Å²) in [5.41, 5.74) is 2.69. The van der Waals surface area contributed by atoms with Crippen LogP contribution in [-0.2, 0) is 11.3 Å². The van der Waals surface area contributed by atoms with Gasteiger partial charge < -0.3 is 4.74 Å². The van der Waals surface area contributed by atoms with Crippen LogP contribution in [0.2, 0.25) is 0 Å². The molecule has 142 valence electrons. The van der Waals surface area contributed by atoms with Crippen LogP contribution in [0, 0.1) is 6.92 Å². The first-order chi connectivity index (χ1) is 13.1. The highest BCUT2D eigenvalue weighted by molar-refractivity contribution is 8.01. The van der Waals surface area contributed by atoms with Gasteiger partial charge in [-0.1, -0.05) is 47.4 Å². The van der Waals surface area contributed by atoms with E-state index in [1.165, 1.54) is 11.3 Å². The third-order valence-electron chi connectivity index (χ3n) is 3.56. The number of aryl methyl sites for hydroxylation is 1. The van der Waals surface area contributed by atoms with Gasteiger partial charge >= 0.3 is 0 Å². The molecule has 1 N–H and O–H groups in total. The minimum Gasteiger partial charge on any atom is -0.378 e. The second kappa shape index (κ2) is 9.07. The first kappa shape index (κ1) is 19.5. The van der Waals surface area contributed by atoms with E-state index in [-0.39, 0.29) is 18.2 Å². The van der Waals surface area contributed by atoms with Crippen molar-refractivity contribution >= 4 is 34.1 Å². The van der Waals surface area contributed by atoms with Gasteiger partial charge in [-0.25, -0.2) is 4.68 Å². The molecule has 2 aromatic heterocycles. The fourth-order valence-corrected chi connectivity index (χ4v) is 4.05. The van der Waals surface area contributed by atoms with Crippen LogP contribution >= 0.6 is 23.1 Å². The van der Waals surface area contributed by atoms with Gasteiger partial charge in [0.05, 0.1) is 12.3 Å². The zero-order valence-corrected chi connectivity index (χ0v) is 16.9. The molecular weight excluding hydrogens is 384 g/mol. The van der Waals surface area contributed by atoms with E-state index < -0.39 is 0 Å². The van der Waals surface area contributed by atoms with Crippen molar-refractivity contribution in [3.05, 3.63) is 41.2 Å². The standard InChI is InChI=1S/C17H20N6O2S2/c1-4-8-26-17-21-20-16(27-17)18-15(24)14-13(10-25-3)23(22-19-14)12-7-5-6-11(2)9-12/h5-7,9H,4,8,10H2,1-3H3,(H,18,20,24). The van der Waals surface area contributed by atoms with Crippen LogP contribution in [0.1, 0.15) is 35.1 Å². The number of ether oxygens (including phenoxy) is 1. The van der Waals surface area contributed by atoms with Gasteiger partial charge in [-0.3, -0.25) is 10.1 Å². The second-order valence-electron chi connectivity index (χ2n) is 5.74. The first-order valence-corrected chi connectivity index (χ1v) is 10.2. The van der Waals surface area contributed by atoms with Crippen LogP contribution in [0.3, 0.4) is 0 Å². The predicted molar refractivity (Wildman–Crippen MR) is 106 cm³/mol. The maximum Gasteiger partial charge on any atom is 0.280 e. The molecule has 0 bridgehead atoms. The number of hydrogen-bond donors (Lipinski definition) is 1. The van der Waals surface area contributed by atoms with Gasteiger partial charge in [0, 0.05) is 12.9 Å². The molecular formula is C17H20N6O2S2. The van der Waals surface area contributed by atoms with Crippen molar-refractivity contribution in [2.24, 2.45) is 0 Å². The van der Waals surface area contributed by atoms with E-state index in [1.54, 1.807) is 23.6 Å². The molecule has 1 aromatic carbocycles. The van der Waals surface area contributed by atoms with Crippen LogP contribution in [0.5, 0.6) is 0 Å². The zero-order chi connectivity index (χ0) is 19.2. The lowest BCUT2D eigenvalue weighted by Gasteiger charge is -2.07. The van der Waals surface area contributed by atoms with Gasteiger partial charge in [0.25, 0.3) is 5.91 Å². The van der Waals surface area contributed by atoms with E-state index >= 15 is 0 Å². The summed E-state index contributed by atoms with van der Waals surface area (Å²) in [5, 5.41) is 19.5. The lowest BCUT2D eigenvalue weighted by molar-refractivity contribution is 0.101. The third-order valence-corrected chi connectivity index (χ3v) is 5.74. The monoisotopic (exact) mass is 404 g/mol. The lowest BCUT2D eigenvalue weighted by Crippen LogP contribution is -2.16. The summed E-state index contributed by atoms with van der Waals surface area (Å²) in [7, 11) is 1.57. The Morgan fingerprint density at radius 1 is 1.33 bits per heavy atom. The van der Waals surface area contributed by atoms with Crippen molar-refractivity contribution in [3.8, 4) is 5.69 Å². The summed E-state index contributed by atoms with van der Waals surface area (Å²) in [4.78, 5) is 12.7. The van der Waals surface area contributed by atoms with Crippen molar-refractivity contribution in [1.82, 2.24) is 25.2 Å². The van der Waals surface area contributed by atoms with Gasteiger partial charge in [0.1, 0.15) is 5.69 Å². The molecule has 10 heteroatoms. The number of carbonyl (C=O) groups is 1. The number of carbonyl (C=O) groups excluding carboxylic acids is 1. The molecule has 3 aromatic rings. The molecule has 0 aliphatic heterocycles. The largest absolute Gasteiger partial charge is 0.378 e. The van der Waals surface area contributed by atoms with Crippen molar-refractivity contribution in [2.75, 3.05) is 18.2 Å². The number of nitrogens with zero attached hydrogens (tertiary/aromatic N) is 5. The van der Waals surface area contributed by atoms with Gasteiger partial charge in [-0.05, 0) is 31.0 Å². The summed E-state index contributed by atoms with van der Waals surface area (Å²) in [6.07, 6.45) is 1.05. The summed E-state index contributed by atoms with van der Waals surface area (Å²) >= 11 is 2.96. The van der Waals surface area contributed by atoms with Gasteiger partial charge in [0.2, 0.25) is 5.13 Å². The fourth-order valence-electron chi connectivity index (χ4n) is 2.38. The highest BCUT2D eigenvalue weighted by atomic mass is 32.2. The minimum atomic E-state index is -0.385. The van der Waals surface area contributed by atoms with Crippen molar-refractivity contribution in [3.63, 3.8) is 0 Å². The minimum absolute atomic E-state index is 0.205. The van der Waals surface area contributed by atoms with Gasteiger partial charge in [0.15, 0.2) is 10.0 Å². The average molecular weight is 405 g/mol. The Labute approximate surface area is 165 Å². The van der Waals surface area contributed by atoms with E-state index in [9.17, 15) is 4.79 Å². The quantitative estimate of drug-likeness (QED) is 0.454. The highest BCUT2D eigenvalue weighted by Gasteiger charge is 2.22. The predicted octanol–water partition coefficient (Wildman–Crippen LogP) is 3.33. The Bertz CT molecular complexity index is 924. The molecule has 0 radical (unpaired) electrons. The lowest BCUT2D eigenvalue weighted by atomic mass is 10.2. The maximum absolute atomic E-state index is 12.7. The van der Waals surface area contributed by atoms with Crippen molar-refractivity contribution < 1.29 is 9.53 Å². The number of amides is 1. The number of anilines is 1. The molecule has 3 rings (SSSR count). The van der Waals surface area contributed by atoms with Crippen LogP contribution in [0.15, 0.2) is 28.6 Å². The maximum atomic E-state index is 12.7. The fraction of sp³-hybridized carbons (Fsp3) is 0.353. The van der Waals surface area contributed by atoms with E-state index in [0.717, 1.165) is 27.8 Å². The molecule has 0 aliphatic rings. The van der Waals surface area contributed by atoms with Crippen LogP contribution < -0.4 is 5.32 Å². The van der Waals surface area contributed by atoms with Crippen LogP contribution in [-0.4, -0.2) is 44.0 Å². The number of benzene rings is 1. The Morgan fingerprint density at radius 3 is 2.93 bits per heavy atom. The second-order valence-corrected chi connectivity index (χ2v) is 8.06. The number of thioether (sulfide) groups is 1. The molecule has 0 spiro atoms. The van der Waals surface area contributed by atoms with Crippen molar-refractivity contribution in [2.45, 2.75) is 31.2 Å². The van der Waals surface area contributed by atoms with Gasteiger partial charge in [-0.2, -0.15) is 0 Å². The molecule has 2 heterocycles. The number of methoxy groups -OCH3 is 1. The molecule has 0 saturated heterocycles. The molecule has 0 fully saturated rings. The zero-order valence-electron chi connectivity index (χ0n) is 15.3. The first-order valence-electron chi connectivity index (χ1n) is 8.40. The molecule has 1 amide bonds. The third kappa shape index (κ3) is 4.71. The Morgan fingerprint density at radius 2 is 2.19 bits per heavy atom. The average Bonchev–Trinajstić information content (AvgIpc) is 3.27. The molecule has 27 heavy (non-hydrogen) atoms. The number of nitrogens with one attached hydrogen (secondary N) is 1. The molecule has 0 atom stereocenters. The summed E-state index contributed by atoms with van der Waals surface area (Å²) in [6.45, 7) is 4.30. The molecule has 0 aliphatic carbocycles. The number of hydrogen-bond acceptors (Lipinski definition) is 8. The molecule has 0 unspecified atom stereocenters. The number of aromatic nitrogens is 5. The summed E-state index contributed by atoms with van der Waals surface area (Å²) in [5.74, 6) is 0.579. The molecule has 0 saturated carbocycles. The Kier molecular flexibility index (Phi) is 6.54. The highest BCUT2D eigenvalue weighted by Crippen LogP contribution is 2.26. The Hall–Kier alpha value is -2.30. The van der Waals surface area contributed by atoms with E-state index in [4.69, 9.17) is 4.74 Å². The van der Waals surface area contributed by atoms with Crippen molar-refractivity contribution in [1.29, 1.82) is 0 Å². The van der Waals surface area contributed by atoms with Crippen LogP contribution in [0.25, 0.3) is 5.69 Å². The Balaban J connectivity index is 1.83. The normalized spacial score (nSPS) is 10.9. The van der Waals surface area contributed by atoms with Gasteiger partial charge in [-0.15, -0.1) is 15.3 Å². The molecule has 8 nitrogen and oxygen atoms in total. The summed E-state index contributed by atoms with van der Waals surface area (Å²) < 4.78 is 7.70.